The molecule has 0 fully saturated rings. The van der Waals surface area contributed by atoms with Gasteiger partial charge >= 0.3 is 17.6 Å². The topological polar surface area (TPSA) is 74.2 Å². The lowest BCUT2D eigenvalue weighted by molar-refractivity contribution is -0.274. The van der Waals surface area contributed by atoms with Gasteiger partial charge in [0.1, 0.15) is 5.75 Å². The minimum absolute atomic E-state index is 0.264. The Balaban J connectivity index is 2.16. The van der Waals surface area contributed by atoms with Crippen molar-refractivity contribution in [3.05, 3.63) is 41.5 Å². The van der Waals surface area contributed by atoms with Crippen LogP contribution in [0.15, 0.2) is 28.8 Å². The fourth-order valence-electron chi connectivity index (χ4n) is 1.50. The molecule has 2 rings (SSSR count). The summed E-state index contributed by atoms with van der Waals surface area (Å²) >= 11 is 4.71. The van der Waals surface area contributed by atoms with Gasteiger partial charge in [0.05, 0.1) is 6.04 Å². The average Bonchev–Trinajstić information content (AvgIpc) is 2.86. The molecule has 0 amide bonds. The lowest BCUT2D eigenvalue weighted by atomic mass is 10.1. The Morgan fingerprint density at radius 1 is 1.14 bits per heavy atom. The molecule has 0 aliphatic carbocycles. The number of rotatable bonds is 4. The molecule has 22 heavy (non-hydrogen) atoms. The van der Waals surface area contributed by atoms with Crippen molar-refractivity contribution in [2.75, 3.05) is 0 Å². The number of hydrogen-bond donors (Lipinski definition) is 1. The molecule has 0 saturated heterocycles. The quantitative estimate of drug-likeness (QED) is 0.681. The molecular formula is C11H7ClF5N3O2. The van der Waals surface area contributed by atoms with Gasteiger partial charge in [-0.15, -0.1) is 13.2 Å². The van der Waals surface area contributed by atoms with Crippen molar-refractivity contribution in [3.63, 3.8) is 0 Å². The Hall–Kier alpha value is -1.94. The van der Waals surface area contributed by atoms with Crippen LogP contribution in [0.5, 0.6) is 5.75 Å². The van der Waals surface area contributed by atoms with Crippen molar-refractivity contribution in [1.82, 2.24) is 10.1 Å². The number of aromatic nitrogens is 2. The molecule has 0 spiro atoms. The van der Waals surface area contributed by atoms with Gasteiger partial charge in [-0.25, -0.2) is 0 Å². The normalized spacial score (nSPS) is 14.0. The van der Waals surface area contributed by atoms with E-state index in [-0.39, 0.29) is 11.4 Å². The molecule has 1 aromatic carbocycles. The summed E-state index contributed by atoms with van der Waals surface area (Å²) in [6, 6.07) is 3.36. The highest BCUT2D eigenvalue weighted by Gasteiger charge is 2.36. The second-order valence-electron chi connectivity index (χ2n) is 4.05. The maximum absolute atomic E-state index is 12.7. The molecule has 0 bridgehead atoms. The molecule has 0 aliphatic heterocycles. The number of ether oxygens (including phenoxy) is 1. The van der Waals surface area contributed by atoms with E-state index in [1.54, 1.807) is 0 Å². The Bertz CT molecular complexity index is 638. The lowest BCUT2D eigenvalue weighted by Gasteiger charge is -2.11. The van der Waals surface area contributed by atoms with E-state index in [2.05, 4.69) is 19.4 Å². The van der Waals surface area contributed by atoms with Crippen molar-refractivity contribution in [2.45, 2.75) is 17.8 Å². The van der Waals surface area contributed by atoms with Gasteiger partial charge in [-0.05, 0) is 29.3 Å². The highest BCUT2D eigenvalue weighted by atomic mass is 35.5. The summed E-state index contributed by atoms with van der Waals surface area (Å²) in [5.41, 5.74) is 5.98. The maximum atomic E-state index is 12.7. The smallest absolute Gasteiger partial charge is 0.406 e. The number of nitrogens with zero attached hydrogens (tertiary/aromatic N) is 2. The van der Waals surface area contributed by atoms with Crippen LogP contribution in [0.3, 0.4) is 0 Å². The second-order valence-corrected chi connectivity index (χ2v) is 4.52. The Kier molecular flexibility index (Phi) is 4.25. The van der Waals surface area contributed by atoms with Crippen LogP contribution in [0.25, 0.3) is 0 Å². The van der Waals surface area contributed by atoms with Crippen LogP contribution < -0.4 is 10.5 Å². The van der Waals surface area contributed by atoms with Crippen LogP contribution >= 0.6 is 11.6 Å². The fourth-order valence-corrected chi connectivity index (χ4v) is 1.58. The van der Waals surface area contributed by atoms with Crippen LogP contribution in [-0.2, 0) is 5.38 Å². The minimum Gasteiger partial charge on any atom is -0.406 e. The molecule has 1 unspecified atom stereocenters. The van der Waals surface area contributed by atoms with Crippen molar-refractivity contribution >= 4 is 11.6 Å². The summed E-state index contributed by atoms with van der Waals surface area (Å²) < 4.78 is 69.5. The van der Waals surface area contributed by atoms with Crippen molar-refractivity contribution in [2.24, 2.45) is 5.73 Å². The second kappa shape index (κ2) is 5.69. The highest BCUT2D eigenvalue weighted by Crippen LogP contribution is 2.32. The van der Waals surface area contributed by atoms with E-state index in [4.69, 9.17) is 17.3 Å². The Labute approximate surface area is 124 Å². The van der Waals surface area contributed by atoms with E-state index in [0.717, 1.165) is 12.1 Å². The van der Waals surface area contributed by atoms with Gasteiger partial charge in [0.2, 0.25) is 0 Å². The third-order valence-electron chi connectivity index (χ3n) is 2.44. The molecule has 1 aromatic heterocycles. The van der Waals surface area contributed by atoms with E-state index in [9.17, 15) is 22.0 Å². The summed E-state index contributed by atoms with van der Waals surface area (Å²) in [7, 11) is 0. The van der Waals surface area contributed by atoms with Gasteiger partial charge in [-0.3, -0.25) is 0 Å². The van der Waals surface area contributed by atoms with Gasteiger partial charge in [-0.2, -0.15) is 13.8 Å². The predicted octanol–water partition coefficient (Wildman–Crippen LogP) is 3.30. The van der Waals surface area contributed by atoms with E-state index in [1.165, 1.54) is 12.1 Å². The minimum atomic E-state index is -4.82. The standard InChI is InChI=1S/C11H7ClF5N3O2/c12-10(13,14)9-19-8(20-22-9)7(18)5-1-3-6(4-2-5)21-11(15,16)17/h1-4,7H,18H2. The predicted molar refractivity (Wildman–Crippen MR) is 63.2 cm³/mol. The third kappa shape index (κ3) is 4.04. The first-order chi connectivity index (χ1) is 10.1. The molecule has 2 N–H and O–H groups in total. The number of hydrogen-bond acceptors (Lipinski definition) is 5. The third-order valence-corrected chi connectivity index (χ3v) is 2.60. The van der Waals surface area contributed by atoms with Gasteiger partial charge in [-0.1, -0.05) is 17.3 Å². The van der Waals surface area contributed by atoms with Crippen molar-refractivity contribution in [3.8, 4) is 5.75 Å². The molecule has 2 aromatic rings. The van der Waals surface area contributed by atoms with Crippen LogP contribution in [-0.4, -0.2) is 16.5 Å². The van der Waals surface area contributed by atoms with Crippen molar-refractivity contribution < 1.29 is 31.2 Å². The molecule has 0 saturated carbocycles. The molecule has 0 radical (unpaired) electrons. The number of benzene rings is 1. The average molecular weight is 344 g/mol. The van der Waals surface area contributed by atoms with Crippen LogP contribution in [0.2, 0.25) is 0 Å². The zero-order valence-electron chi connectivity index (χ0n) is 10.4. The Morgan fingerprint density at radius 3 is 2.18 bits per heavy atom. The van der Waals surface area contributed by atoms with E-state index in [1.807, 2.05) is 0 Å². The summed E-state index contributed by atoms with van der Waals surface area (Å²) in [6.45, 7) is 0. The zero-order chi connectivity index (χ0) is 16.5. The highest BCUT2D eigenvalue weighted by molar-refractivity contribution is 6.21. The van der Waals surface area contributed by atoms with Gasteiger partial charge in [0, 0.05) is 0 Å². The number of nitrogens with two attached hydrogens (primary N) is 1. The maximum Gasteiger partial charge on any atom is 0.573 e. The first-order valence-electron chi connectivity index (χ1n) is 5.58. The van der Waals surface area contributed by atoms with Crippen LogP contribution in [0.1, 0.15) is 23.3 Å². The van der Waals surface area contributed by atoms with E-state index >= 15 is 0 Å². The number of halogens is 6. The summed E-state index contributed by atoms with van der Waals surface area (Å²) in [6.07, 6.45) is -4.82. The van der Waals surface area contributed by atoms with Gasteiger partial charge < -0.3 is 15.0 Å². The summed E-state index contributed by atoms with van der Waals surface area (Å²) in [5, 5.41) is -0.584. The van der Waals surface area contributed by atoms with Gasteiger partial charge in [0.25, 0.3) is 0 Å². The van der Waals surface area contributed by atoms with E-state index < -0.39 is 29.4 Å². The van der Waals surface area contributed by atoms with E-state index in [0.29, 0.717) is 0 Å². The molecule has 0 aliphatic rings. The first-order valence-corrected chi connectivity index (χ1v) is 5.96. The monoisotopic (exact) mass is 343 g/mol. The van der Waals surface area contributed by atoms with Crippen LogP contribution in [0.4, 0.5) is 22.0 Å². The zero-order valence-corrected chi connectivity index (χ0v) is 11.2. The lowest BCUT2D eigenvalue weighted by Crippen LogP contribution is -2.17. The Morgan fingerprint density at radius 2 is 1.73 bits per heavy atom. The molecule has 1 heterocycles. The van der Waals surface area contributed by atoms with Crippen LogP contribution in [0, 0.1) is 0 Å². The molecular weight excluding hydrogens is 337 g/mol. The summed E-state index contributed by atoms with van der Waals surface area (Å²) in [5.74, 6) is -1.87. The summed E-state index contributed by atoms with van der Waals surface area (Å²) in [4.78, 5) is 3.34. The molecule has 11 heteroatoms. The number of alkyl halides is 6. The molecule has 120 valence electrons. The molecule has 5 nitrogen and oxygen atoms in total. The fraction of sp³-hybridized carbons (Fsp3) is 0.273. The SMILES string of the molecule is NC(c1ccc(OC(F)(F)F)cc1)c1noc(C(F)(F)Cl)n1. The van der Waals surface area contributed by atoms with Crippen molar-refractivity contribution in [1.29, 1.82) is 0 Å². The molecule has 1 atom stereocenters. The largest absolute Gasteiger partial charge is 0.573 e. The van der Waals surface area contributed by atoms with Gasteiger partial charge in [0.15, 0.2) is 5.82 Å². The first kappa shape index (κ1) is 16.4.